The number of carbonyl (C=O) groups is 1. The summed E-state index contributed by atoms with van der Waals surface area (Å²) in [6.45, 7) is 4.43. The summed E-state index contributed by atoms with van der Waals surface area (Å²) in [6.07, 6.45) is 9.35. The van der Waals surface area contributed by atoms with Gasteiger partial charge in [0.2, 0.25) is 5.91 Å². The number of aliphatic hydroxyl groups is 1. The van der Waals surface area contributed by atoms with Gasteiger partial charge in [-0.15, -0.1) is 0 Å². The van der Waals surface area contributed by atoms with E-state index >= 15 is 0 Å². The van der Waals surface area contributed by atoms with E-state index in [4.69, 9.17) is 0 Å². The summed E-state index contributed by atoms with van der Waals surface area (Å²) in [4.78, 5) is 13.0. The minimum Gasteiger partial charge on any atom is -0.390 e. The van der Waals surface area contributed by atoms with Gasteiger partial charge in [-0.3, -0.25) is 4.79 Å². The maximum Gasteiger partial charge on any atom is 0.228 e. The minimum atomic E-state index is -0.436. The predicted octanol–water partition coefficient (Wildman–Crippen LogP) is 5.25. The number of benzene rings is 1. The van der Waals surface area contributed by atoms with Crippen LogP contribution in [0.4, 0.5) is 5.69 Å². The quantitative estimate of drug-likeness (QED) is 0.734. The maximum absolute atomic E-state index is 13.0. The van der Waals surface area contributed by atoms with Gasteiger partial charge in [-0.25, -0.2) is 0 Å². The fourth-order valence-electron chi connectivity index (χ4n) is 7.83. The standard InChI is InChI=1S/C25H35NO2/c1-24(28)12-10-18-16(15-24)8-9-20-19(18)11-13-25(2)21(20)14-22(25)23(27)26-17-6-4-3-5-7-17/h3-7,16,18-22,28H,8-15H2,1-2H3,(H,26,27)/t16-,18+,19-,20-,21+,22+,24-,25+/m1/s1. The molecule has 5 rings (SSSR count). The fourth-order valence-corrected chi connectivity index (χ4v) is 7.83. The zero-order valence-electron chi connectivity index (χ0n) is 17.4. The molecule has 1 aromatic carbocycles. The molecule has 152 valence electrons. The second kappa shape index (κ2) is 6.58. The molecule has 0 radical (unpaired) electrons. The number of fused-ring (bicyclic) bond motifs is 5. The van der Waals surface area contributed by atoms with Crippen molar-refractivity contribution in [1.82, 2.24) is 0 Å². The molecule has 0 aromatic heterocycles. The van der Waals surface area contributed by atoms with Crippen LogP contribution in [0.15, 0.2) is 30.3 Å². The van der Waals surface area contributed by atoms with E-state index in [0.717, 1.165) is 54.5 Å². The van der Waals surface area contributed by atoms with Crippen LogP contribution in [-0.2, 0) is 4.79 Å². The van der Waals surface area contributed by atoms with E-state index in [1.54, 1.807) is 0 Å². The van der Waals surface area contributed by atoms with Crippen LogP contribution in [0.3, 0.4) is 0 Å². The zero-order chi connectivity index (χ0) is 19.5. The van der Waals surface area contributed by atoms with Gasteiger partial charge in [-0.2, -0.15) is 0 Å². The van der Waals surface area contributed by atoms with Crippen LogP contribution in [0, 0.1) is 40.9 Å². The van der Waals surface area contributed by atoms with Gasteiger partial charge in [0.25, 0.3) is 0 Å². The summed E-state index contributed by atoms with van der Waals surface area (Å²) in [5.41, 5.74) is 0.671. The summed E-state index contributed by atoms with van der Waals surface area (Å²) in [6, 6.07) is 9.90. The first-order chi connectivity index (χ1) is 13.4. The monoisotopic (exact) mass is 381 g/mol. The van der Waals surface area contributed by atoms with E-state index in [1.807, 2.05) is 37.3 Å². The lowest BCUT2D eigenvalue weighted by atomic mass is 9.40. The molecule has 1 amide bonds. The van der Waals surface area contributed by atoms with Gasteiger partial charge in [0, 0.05) is 11.6 Å². The van der Waals surface area contributed by atoms with E-state index in [2.05, 4.69) is 12.2 Å². The zero-order valence-corrected chi connectivity index (χ0v) is 17.4. The Kier molecular flexibility index (Phi) is 4.39. The fraction of sp³-hybridized carbons (Fsp3) is 0.720. The first-order valence-corrected chi connectivity index (χ1v) is 11.5. The topological polar surface area (TPSA) is 49.3 Å². The summed E-state index contributed by atoms with van der Waals surface area (Å²) in [5, 5.41) is 13.7. The van der Waals surface area contributed by atoms with Crippen LogP contribution in [0.5, 0.6) is 0 Å². The normalized spacial score (nSPS) is 47.1. The number of anilines is 1. The van der Waals surface area contributed by atoms with Crippen molar-refractivity contribution < 1.29 is 9.90 Å². The van der Waals surface area contributed by atoms with Crippen LogP contribution < -0.4 is 5.32 Å². The van der Waals surface area contributed by atoms with Crippen molar-refractivity contribution in [2.24, 2.45) is 40.9 Å². The molecule has 3 nitrogen and oxygen atoms in total. The Balaban J connectivity index is 1.27. The molecule has 4 fully saturated rings. The summed E-state index contributed by atoms with van der Waals surface area (Å²) in [5.74, 6) is 4.32. The van der Waals surface area contributed by atoms with E-state index in [0.29, 0.717) is 0 Å². The van der Waals surface area contributed by atoms with Crippen molar-refractivity contribution in [1.29, 1.82) is 0 Å². The molecular weight excluding hydrogens is 346 g/mol. The molecule has 0 spiro atoms. The van der Waals surface area contributed by atoms with Crippen LogP contribution in [0.1, 0.15) is 65.2 Å². The SMILES string of the molecule is C[C@@]1(O)CC[C@H]2[C@H](CC[C@@H]3[C@@H]2CC[C@]2(C)[C@H](C(=O)Nc4ccccc4)C[C@@H]32)C1. The second-order valence-corrected chi connectivity index (χ2v) is 10.9. The average Bonchev–Trinajstić information content (AvgIpc) is 2.65. The van der Waals surface area contributed by atoms with Gasteiger partial charge in [-0.1, -0.05) is 25.1 Å². The lowest BCUT2D eigenvalue weighted by Crippen LogP contribution is -2.60. The number of rotatable bonds is 2. The van der Waals surface area contributed by atoms with Crippen LogP contribution in [-0.4, -0.2) is 16.6 Å². The third-order valence-electron chi connectivity index (χ3n) is 9.32. The predicted molar refractivity (Wildman–Crippen MR) is 112 cm³/mol. The molecule has 8 atom stereocenters. The number of para-hydroxylation sites is 1. The highest BCUT2D eigenvalue weighted by Crippen LogP contribution is 2.67. The Morgan fingerprint density at radius 3 is 2.54 bits per heavy atom. The van der Waals surface area contributed by atoms with Crippen molar-refractivity contribution in [3.63, 3.8) is 0 Å². The van der Waals surface area contributed by atoms with Gasteiger partial charge in [-0.05, 0) is 105 Å². The molecule has 28 heavy (non-hydrogen) atoms. The first kappa shape index (κ1) is 18.7. The summed E-state index contributed by atoms with van der Waals surface area (Å²) in [7, 11) is 0. The first-order valence-electron chi connectivity index (χ1n) is 11.5. The lowest BCUT2D eigenvalue weighted by molar-refractivity contribution is -0.175. The maximum atomic E-state index is 13.0. The summed E-state index contributed by atoms with van der Waals surface area (Å²) < 4.78 is 0. The number of nitrogens with one attached hydrogen (secondary N) is 1. The third kappa shape index (κ3) is 2.93. The van der Waals surface area contributed by atoms with Crippen molar-refractivity contribution in [3.8, 4) is 0 Å². The molecule has 1 aromatic rings. The van der Waals surface area contributed by atoms with E-state index in [1.165, 1.54) is 32.1 Å². The van der Waals surface area contributed by atoms with Gasteiger partial charge < -0.3 is 10.4 Å². The molecule has 0 aliphatic heterocycles. The van der Waals surface area contributed by atoms with Crippen LogP contribution in [0.2, 0.25) is 0 Å². The Hall–Kier alpha value is -1.35. The van der Waals surface area contributed by atoms with Gasteiger partial charge in [0.15, 0.2) is 0 Å². The molecular formula is C25H35NO2. The highest BCUT2D eigenvalue weighted by molar-refractivity contribution is 5.93. The average molecular weight is 382 g/mol. The Bertz CT molecular complexity index is 744. The molecule has 0 saturated heterocycles. The van der Waals surface area contributed by atoms with Gasteiger partial charge in [0.1, 0.15) is 0 Å². The van der Waals surface area contributed by atoms with Crippen LogP contribution in [0.25, 0.3) is 0 Å². The molecule has 0 bridgehead atoms. The number of hydrogen-bond donors (Lipinski definition) is 2. The second-order valence-electron chi connectivity index (χ2n) is 10.9. The molecule has 0 heterocycles. The highest BCUT2D eigenvalue weighted by atomic mass is 16.3. The molecule has 4 aliphatic carbocycles. The van der Waals surface area contributed by atoms with Gasteiger partial charge >= 0.3 is 0 Å². The summed E-state index contributed by atoms with van der Waals surface area (Å²) >= 11 is 0. The van der Waals surface area contributed by atoms with Crippen molar-refractivity contribution in [2.75, 3.05) is 5.32 Å². The van der Waals surface area contributed by atoms with Crippen molar-refractivity contribution >= 4 is 11.6 Å². The molecule has 3 heteroatoms. The Labute approximate surface area is 169 Å². The minimum absolute atomic E-state index is 0.170. The molecule has 0 unspecified atom stereocenters. The number of carbonyl (C=O) groups excluding carboxylic acids is 1. The molecule has 2 N–H and O–H groups in total. The van der Waals surface area contributed by atoms with E-state index in [-0.39, 0.29) is 17.2 Å². The smallest absolute Gasteiger partial charge is 0.228 e. The van der Waals surface area contributed by atoms with Crippen molar-refractivity contribution in [3.05, 3.63) is 30.3 Å². The Morgan fingerprint density at radius 2 is 1.75 bits per heavy atom. The van der Waals surface area contributed by atoms with Crippen molar-refractivity contribution in [2.45, 2.75) is 70.8 Å². The lowest BCUT2D eigenvalue weighted by Gasteiger charge is -2.64. The largest absolute Gasteiger partial charge is 0.390 e. The highest BCUT2D eigenvalue weighted by Gasteiger charge is 2.62. The number of hydrogen-bond acceptors (Lipinski definition) is 2. The van der Waals surface area contributed by atoms with Gasteiger partial charge in [0.05, 0.1) is 5.60 Å². The number of amides is 1. The molecule has 4 aliphatic rings. The molecule has 4 saturated carbocycles. The third-order valence-corrected chi connectivity index (χ3v) is 9.32. The van der Waals surface area contributed by atoms with E-state index in [9.17, 15) is 9.90 Å². The Morgan fingerprint density at radius 1 is 1.00 bits per heavy atom. The van der Waals surface area contributed by atoms with E-state index < -0.39 is 5.60 Å². The van der Waals surface area contributed by atoms with Crippen LogP contribution >= 0.6 is 0 Å².